The van der Waals surface area contributed by atoms with Crippen LogP contribution >= 0.6 is 0 Å². The van der Waals surface area contributed by atoms with Crippen LogP contribution in [0.2, 0.25) is 0 Å². The Labute approximate surface area is 157 Å². The lowest BCUT2D eigenvalue weighted by Crippen LogP contribution is -2.23. The topological polar surface area (TPSA) is 55.4 Å². The maximum Gasteiger partial charge on any atom is 0.573 e. The number of benzene rings is 2. The number of nitrogens with one attached hydrogen (secondary N) is 1. The predicted octanol–water partition coefficient (Wildman–Crippen LogP) is 4.80. The maximum atomic E-state index is 12.4. The Morgan fingerprint density at radius 1 is 1.00 bits per heavy atom. The van der Waals surface area contributed by atoms with Gasteiger partial charge >= 0.3 is 6.36 Å². The quantitative estimate of drug-likeness (QED) is 0.615. The molecule has 27 heavy (non-hydrogen) atoms. The van der Waals surface area contributed by atoms with E-state index in [1.165, 1.54) is 24.3 Å². The molecule has 2 aromatic rings. The van der Waals surface area contributed by atoms with E-state index in [2.05, 4.69) is 16.4 Å². The second-order valence-corrected chi connectivity index (χ2v) is 7.89. The van der Waals surface area contributed by atoms with Crippen LogP contribution in [-0.2, 0) is 23.0 Å². The number of rotatable bonds is 9. The summed E-state index contributed by atoms with van der Waals surface area (Å²) < 4.78 is 67.8. The molecule has 0 atom stereocenters. The summed E-state index contributed by atoms with van der Waals surface area (Å²) in [6.45, 7) is 1.97. The van der Waals surface area contributed by atoms with E-state index in [9.17, 15) is 21.6 Å². The number of halogens is 3. The molecule has 0 aliphatic heterocycles. The van der Waals surface area contributed by atoms with Crippen LogP contribution in [0.25, 0.3) is 0 Å². The third-order valence-corrected chi connectivity index (χ3v) is 5.32. The van der Waals surface area contributed by atoms with Gasteiger partial charge in [0, 0.05) is 6.54 Å². The van der Waals surface area contributed by atoms with E-state index in [0.29, 0.717) is 5.56 Å². The van der Waals surface area contributed by atoms with Gasteiger partial charge in [-0.3, -0.25) is 0 Å². The van der Waals surface area contributed by atoms with E-state index in [1.807, 2.05) is 0 Å². The average molecular weight is 401 g/mol. The zero-order valence-corrected chi connectivity index (χ0v) is 15.7. The van der Waals surface area contributed by atoms with Crippen LogP contribution in [0.3, 0.4) is 0 Å². The lowest BCUT2D eigenvalue weighted by atomic mass is 10.1. The van der Waals surface area contributed by atoms with Gasteiger partial charge in [0.25, 0.3) is 0 Å². The summed E-state index contributed by atoms with van der Waals surface area (Å²) in [6.07, 6.45) is -0.605. The Morgan fingerprint density at radius 3 is 2.33 bits per heavy atom. The summed E-state index contributed by atoms with van der Waals surface area (Å²) in [5, 5.41) is 0. The molecule has 0 saturated heterocycles. The van der Waals surface area contributed by atoms with Gasteiger partial charge in [0.05, 0.1) is 4.90 Å². The van der Waals surface area contributed by atoms with Crippen molar-refractivity contribution < 1.29 is 26.3 Å². The zero-order valence-electron chi connectivity index (χ0n) is 14.9. The van der Waals surface area contributed by atoms with Crippen LogP contribution in [-0.4, -0.2) is 14.8 Å². The first-order valence-electron chi connectivity index (χ1n) is 8.63. The molecule has 0 unspecified atom stereocenters. The first kappa shape index (κ1) is 21.2. The molecule has 0 spiro atoms. The number of hydrogen-bond donors (Lipinski definition) is 1. The molecule has 1 N–H and O–H groups in total. The molecule has 0 saturated carbocycles. The SMILES string of the molecule is CCCCCc1ccc(S(=O)(=O)NCc2cccc(OC(F)(F)F)c2)cc1. The highest BCUT2D eigenvalue weighted by Gasteiger charge is 2.31. The summed E-state index contributed by atoms with van der Waals surface area (Å²) >= 11 is 0. The summed E-state index contributed by atoms with van der Waals surface area (Å²) in [5.41, 5.74) is 1.43. The fourth-order valence-electron chi connectivity index (χ4n) is 2.53. The van der Waals surface area contributed by atoms with Crippen molar-refractivity contribution in [1.82, 2.24) is 4.72 Å². The Morgan fingerprint density at radius 2 is 1.70 bits per heavy atom. The Hall–Kier alpha value is -2.06. The molecule has 0 aromatic heterocycles. The van der Waals surface area contributed by atoms with Crippen molar-refractivity contribution in [2.45, 2.75) is 50.4 Å². The van der Waals surface area contributed by atoms with Gasteiger partial charge in [-0.15, -0.1) is 13.2 Å². The van der Waals surface area contributed by atoms with Crippen molar-refractivity contribution in [3.63, 3.8) is 0 Å². The maximum absolute atomic E-state index is 12.4. The molecule has 0 aliphatic carbocycles. The van der Waals surface area contributed by atoms with Crippen LogP contribution in [0.4, 0.5) is 13.2 Å². The summed E-state index contributed by atoms with van der Waals surface area (Å²) in [4.78, 5) is 0.115. The number of hydrogen-bond acceptors (Lipinski definition) is 3. The van der Waals surface area contributed by atoms with E-state index in [0.717, 1.165) is 43.4 Å². The number of ether oxygens (including phenoxy) is 1. The fourth-order valence-corrected chi connectivity index (χ4v) is 3.55. The highest BCUT2D eigenvalue weighted by Crippen LogP contribution is 2.23. The average Bonchev–Trinajstić information content (AvgIpc) is 2.60. The first-order valence-corrected chi connectivity index (χ1v) is 10.1. The van der Waals surface area contributed by atoms with E-state index in [4.69, 9.17) is 0 Å². The molecule has 0 fully saturated rings. The van der Waals surface area contributed by atoms with Crippen molar-refractivity contribution in [3.05, 3.63) is 59.7 Å². The van der Waals surface area contributed by atoms with E-state index < -0.39 is 22.1 Å². The smallest absolute Gasteiger partial charge is 0.406 e. The number of alkyl halides is 3. The van der Waals surface area contributed by atoms with Crippen molar-refractivity contribution in [2.75, 3.05) is 0 Å². The molecule has 0 heterocycles. The molecule has 148 valence electrons. The largest absolute Gasteiger partial charge is 0.573 e. The van der Waals surface area contributed by atoms with Crippen LogP contribution < -0.4 is 9.46 Å². The van der Waals surface area contributed by atoms with Crippen molar-refractivity contribution in [2.24, 2.45) is 0 Å². The lowest BCUT2D eigenvalue weighted by molar-refractivity contribution is -0.274. The molecular weight excluding hydrogens is 379 g/mol. The van der Waals surface area contributed by atoms with Gasteiger partial charge in [-0.2, -0.15) is 0 Å². The number of sulfonamides is 1. The van der Waals surface area contributed by atoms with E-state index in [1.54, 1.807) is 12.1 Å². The molecule has 2 rings (SSSR count). The van der Waals surface area contributed by atoms with Crippen LogP contribution in [0.5, 0.6) is 5.75 Å². The van der Waals surface area contributed by atoms with Gasteiger partial charge in [-0.25, -0.2) is 13.1 Å². The molecule has 0 bridgehead atoms. The summed E-state index contributed by atoms with van der Waals surface area (Å²) in [6, 6.07) is 11.8. The molecule has 2 aromatic carbocycles. The summed E-state index contributed by atoms with van der Waals surface area (Å²) in [7, 11) is -3.76. The lowest BCUT2D eigenvalue weighted by Gasteiger charge is -2.11. The highest BCUT2D eigenvalue weighted by molar-refractivity contribution is 7.89. The Bertz CT molecular complexity index is 834. The van der Waals surface area contributed by atoms with Crippen molar-refractivity contribution in [1.29, 1.82) is 0 Å². The van der Waals surface area contributed by atoms with E-state index >= 15 is 0 Å². The molecule has 4 nitrogen and oxygen atoms in total. The standard InChI is InChI=1S/C19H22F3NO3S/c1-2-3-4-6-15-9-11-18(12-10-15)27(24,25)23-14-16-7-5-8-17(13-16)26-19(20,21)22/h5,7-13,23H,2-4,6,14H2,1H3. The van der Waals surface area contributed by atoms with Gasteiger partial charge in [-0.1, -0.05) is 44.0 Å². The normalized spacial score (nSPS) is 12.1. The monoisotopic (exact) mass is 401 g/mol. The molecule has 8 heteroatoms. The first-order chi connectivity index (χ1) is 12.7. The van der Waals surface area contributed by atoms with Crippen LogP contribution in [0.15, 0.2) is 53.4 Å². The minimum Gasteiger partial charge on any atom is -0.406 e. The highest BCUT2D eigenvalue weighted by atomic mass is 32.2. The number of unbranched alkanes of at least 4 members (excludes halogenated alkanes) is 2. The van der Waals surface area contributed by atoms with Crippen molar-refractivity contribution >= 4 is 10.0 Å². The van der Waals surface area contributed by atoms with Crippen LogP contribution in [0, 0.1) is 0 Å². The van der Waals surface area contributed by atoms with Gasteiger partial charge in [0.2, 0.25) is 10.0 Å². The Kier molecular flexibility index (Phi) is 7.26. The van der Waals surface area contributed by atoms with Crippen molar-refractivity contribution in [3.8, 4) is 5.75 Å². The molecular formula is C19H22F3NO3S. The zero-order chi connectivity index (χ0) is 19.9. The second kappa shape index (κ2) is 9.23. The molecule has 0 aliphatic rings. The van der Waals surface area contributed by atoms with Gasteiger partial charge < -0.3 is 4.74 Å². The molecule has 0 amide bonds. The fraction of sp³-hybridized carbons (Fsp3) is 0.368. The summed E-state index contributed by atoms with van der Waals surface area (Å²) in [5.74, 6) is -0.393. The minimum atomic E-state index is -4.79. The second-order valence-electron chi connectivity index (χ2n) is 6.12. The van der Waals surface area contributed by atoms with Gasteiger partial charge in [-0.05, 0) is 48.2 Å². The third-order valence-electron chi connectivity index (χ3n) is 3.90. The Balaban J connectivity index is 1.99. The minimum absolute atomic E-state index is 0.115. The third kappa shape index (κ3) is 7.22. The molecule has 0 radical (unpaired) electrons. The predicted molar refractivity (Wildman–Crippen MR) is 96.8 cm³/mol. The number of aryl methyl sites for hydroxylation is 1. The van der Waals surface area contributed by atoms with Gasteiger partial charge in [0.15, 0.2) is 0 Å². The van der Waals surface area contributed by atoms with E-state index in [-0.39, 0.29) is 11.4 Å². The van der Waals surface area contributed by atoms with Gasteiger partial charge in [0.1, 0.15) is 5.75 Å². The van der Waals surface area contributed by atoms with Crippen LogP contribution in [0.1, 0.15) is 37.3 Å².